The summed E-state index contributed by atoms with van der Waals surface area (Å²) >= 11 is 3.50. The van der Waals surface area contributed by atoms with E-state index in [-0.39, 0.29) is 5.91 Å². The quantitative estimate of drug-likeness (QED) is 0.898. The summed E-state index contributed by atoms with van der Waals surface area (Å²) in [6.45, 7) is 1.87. The highest BCUT2D eigenvalue weighted by Crippen LogP contribution is 2.31. The Bertz CT molecular complexity index is 443. The molecule has 0 saturated heterocycles. The fourth-order valence-electron chi connectivity index (χ4n) is 2.63. The van der Waals surface area contributed by atoms with Gasteiger partial charge in [-0.2, -0.15) is 0 Å². The van der Waals surface area contributed by atoms with Crippen molar-refractivity contribution in [2.75, 3.05) is 0 Å². The van der Waals surface area contributed by atoms with Crippen molar-refractivity contribution in [2.45, 2.75) is 44.2 Å². The van der Waals surface area contributed by atoms with E-state index in [0.717, 1.165) is 22.9 Å². The monoisotopic (exact) mass is 310 g/mol. The maximum absolute atomic E-state index is 11.9. The average molecular weight is 311 g/mol. The number of nitrogens with one attached hydrogen (secondary N) is 1. The Labute approximate surface area is 116 Å². The molecule has 98 valence electrons. The molecule has 0 heterocycles. The lowest BCUT2D eigenvalue weighted by Crippen LogP contribution is -2.53. The van der Waals surface area contributed by atoms with Crippen molar-refractivity contribution < 1.29 is 4.79 Å². The van der Waals surface area contributed by atoms with Gasteiger partial charge >= 0.3 is 0 Å². The Morgan fingerprint density at radius 3 is 2.56 bits per heavy atom. The molecule has 2 rings (SSSR count). The molecule has 3 nitrogen and oxygen atoms in total. The van der Waals surface area contributed by atoms with Gasteiger partial charge in [-0.15, -0.1) is 0 Å². The normalized spacial score (nSPS) is 19.7. The van der Waals surface area contributed by atoms with Gasteiger partial charge in [0.25, 0.3) is 0 Å². The molecule has 1 aliphatic carbocycles. The van der Waals surface area contributed by atoms with Gasteiger partial charge in [-0.05, 0) is 31.4 Å². The van der Waals surface area contributed by atoms with E-state index in [1.165, 1.54) is 12.8 Å². The molecule has 1 aliphatic rings. The smallest absolute Gasteiger partial charge is 0.242 e. The minimum atomic E-state index is -0.810. The predicted octanol–water partition coefficient (Wildman–Crippen LogP) is 2.68. The number of hydrogen-bond acceptors (Lipinski definition) is 2. The number of carbonyl (C=O) groups is 1. The molecule has 0 aliphatic heterocycles. The molecular weight excluding hydrogens is 292 g/mol. The topological polar surface area (TPSA) is 55.1 Å². The fraction of sp³-hybridized carbons (Fsp3) is 0.500. The third kappa shape index (κ3) is 2.59. The van der Waals surface area contributed by atoms with Gasteiger partial charge in [0.2, 0.25) is 5.91 Å². The summed E-state index contributed by atoms with van der Waals surface area (Å²) in [4.78, 5) is 11.9. The molecule has 1 aromatic rings. The highest BCUT2D eigenvalue weighted by molar-refractivity contribution is 9.10. The molecular formula is C14H19BrN2O. The number of nitrogens with two attached hydrogens (primary N) is 1. The average Bonchev–Trinajstić information content (AvgIpc) is 2.81. The summed E-state index contributed by atoms with van der Waals surface area (Å²) in [6, 6.07) is 8.13. The number of carbonyl (C=O) groups excluding carboxylic acids is 1. The van der Waals surface area contributed by atoms with Crippen molar-refractivity contribution in [1.82, 2.24) is 5.32 Å². The van der Waals surface area contributed by atoms with Crippen LogP contribution in [0.2, 0.25) is 0 Å². The molecule has 0 radical (unpaired) electrons. The molecule has 1 saturated carbocycles. The zero-order chi connectivity index (χ0) is 13.2. The standard InChI is InChI=1S/C14H19BrN2O/c1-14(13(16)18,17-10-6-2-3-7-10)11-8-4-5-9-12(11)15/h4-5,8-10,17H,2-3,6-7H2,1H3,(H2,16,18). The van der Waals surface area contributed by atoms with Gasteiger partial charge < -0.3 is 5.73 Å². The van der Waals surface area contributed by atoms with E-state index < -0.39 is 5.54 Å². The third-order valence-electron chi connectivity index (χ3n) is 3.75. The number of benzene rings is 1. The Morgan fingerprint density at radius 2 is 2.00 bits per heavy atom. The number of rotatable bonds is 4. The lowest BCUT2D eigenvalue weighted by atomic mass is 9.90. The van der Waals surface area contributed by atoms with Crippen molar-refractivity contribution in [3.63, 3.8) is 0 Å². The van der Waals surface area contributed by atoms with Crippen molar-refractivity contribution in [3.8, 4) is 0 Å². The second kappa shape index (κ2) is 5.41. The molecule has 3 N–H and O–H groups in total. The maximum atomic E-state index is 11.9. The first-order chi connectivity index (χ1) is 8.54. The van der Waals surface area contributed by atoms with Crippen molar-refractivity contribution >= 4 is 21.8 Å². The zero-order valence-electron chi connectivity index (χ0n) is 10.6. The zero-order valence-corrected chi connectivity index (χ0v) is 12.2. The van der Waals surface area contributed by atoms with Crippen LogP contribution in [-0.4, -0.2) is 11.9 Å². The second-order valence-corrected chi connectivity index (χ2v) is 5.95. The highest BCUT2D eigenvalue weighted by Gasteiger charge is 2.37. The second-order valence-electron chi connectivity index (χ2n) is 5.09. The molecule has 0 bridgehead atoms. The lowest BCUT2D eigenvalue weighted by Gasteiger charge is -2.32. The molecule has 1 amide bonds. The minimum Gasteiger partial charge on any atom is -0.368 e. The molecule has 0 spiro atoms. The first-order valence-electron chi connectivity index (χ1n) is 6.36. The molecule has 1 atom stereocenters. The summed E-state index contributed by atoms with van der Waals surface area (Å²) in [7, 11) is 0. The Kier molecular flexibility index (Phi) is 4.07. The van der Waals surface area contributed by atoms with E-state index in [1.54, 1.807) is 0 Å². The largest absolute Gasteiger partial charge is 0.368 e. The number of amides is 1. The first-order valence-corrected chi connectivity index (χ1v) is 7.16. The van der Waals surface area contributed by atoms with E-state index in [4.69, 9.17) is 5.73 Å². The highest BCUT2D eigenvalue weighted by atomic mass is 79.9. The van der Waals surface area contributed by atoms with Crippen LogP contribution in [0.5, 0.6) is 0 Å². The molecule has 0 aromatic heterocycles. The van der Waals surface area contributed by atoms with Crippen LogP contribution in [0.1, 0.15) is 38.2 Å². The predicted molar refractivity (Wildman–Crippen MR) is 76.1 cm³/mol. The van der Waals surface area contributed by atoms with Crippen LogP contribution in [0.25, 0.3) is 0 Å². The summed E-state index contributed by atoms with van der Waals surface area (Å²) in [5.74, 6) is -0.332. The Balaban J connectivity index is 2.31. The van der Waals surface area contributed by atoms with Gasteiger partial charge in [0.1, 0.15) is 5.54 Å². The van der Waals surface area contributed by atoms with E-state index in [9.17, 15) is 4.79 Å². The van der Waals surface area contributed by atoms with Gasteiger partial charge in [-0.3, -0.25) is 10.1 Å². The Morgan fingerprint density at radius 1 is 1.39 bits per heavy atom. The van der Waals surface area contributed by atoms with Crippen molar-refractivity contribution in [3.05, 3.63) is 34.3 Å². The Hall–Kier alpha value is -0.870. The molecule has 18 heavy (non-hydrogen) atoms. The summed E-state index contributed by atoms with van der Waals surface area (Å²) < 4.78 is 0.914. The third-order valence-corrected chi connectivity index (χ3v) is 4.44. The number of halogens is 1. The van der Waals surface area contributed by atoms with Crippen LogP contribution in [0, 0.1) is 0 Å². The summed E-state index contributed by atoms with van der Waals surface area (Å²) in [6.07, 6.45) is 4.69. The van der Waals surface area contributed by atoms with Crippen LogP contribution in [0.4, 0.5) is 0 Å². The van der Waals surface area contributed by atoms with E-state index in [0.29, 0.717) is 6.04 Å². The molecule has 1 unspecified atom stereocenters. The summed E-state index contributed by atoms with van der Waals surface area (Å²) in [5, 5.41) is 3.44. The van der Waals surface area contributed by atoms with Gasteiger partial charge in [-0.1, -0.05) is 47.0 Å². The van der Waals surface area contributed by atoms with Crippen LogP contribution < -0.4 is 11.1 Å². The number of primary amides is 1. The van der Waals surface area contributed by atoms with Gasteiger partial charge in [0, 0.05) is 10.5 Å². The summed E-state index contributed by atoms with van der Waals surface area (Å²) in [5.41, 5.74) is 5.72. The van der Waals surface area contributed by atoms with Gasteiger partial charge in [0.15, 0.2) is 0 Å². The van der Waals surface area contributed by atoms with Crippen molar-refractivity contribution in [2.24, 2.45) is 5.73 Å². The van der Waals surface area contributed by atoms with E-state index >= 15 is 0 Å². The van der Waals surface area contributed by atoms with Crippen LogP contribution >= 0.6 is 15.9 Å². The molecule has 4 heteroatoms. The van der Waals surface area contributed by atoms with Crippen molar-refractivity contribution in [1.29, 1.82) is 0 Å². The molecule has 1 aromatic carbocycles. The van der Waals surface area contributed by atoms with E-state index in [2.05, 4.69) is 21.2 Å². The van der Waals surface area contributed by atoms with Gasteiger partial charge in [-0.25, -0.2) is 0 Å². The SMILES string of the molecule is CC(NC1CCCC1)(C(N)=O)c1ccccc1Br. The van der Waals surface area contributed by atoms with Crippen LogP contribution in [-0.2, 0) is 10.3 Å². The molecule has 1 fully saturated rings. The fourth-order valence-corrected chi connectivity index (χ4v) is 3.31. The number of hydrogen-bond donors (Lipinski definition) is 2. The van der Waals surface area contributed by atoms with E-state index in [1.807, 2.05) is 31.2 Å². The first kappa shape index (κ1) is 13.6. The van der Waals surface area contributed by atoms with Gasteiger partial charge in [0.05, 0.1) is 0 Å². The minimum absolute atomic E-state index is 0.332. The van der Waals surface area contributed by atoms with Crippen LogP contribution in [0.15, 0.2) is 28.7 Å². The lowest BCUT2D eigenvalue weighted by molar-refractivity contribution is -0.124. The van der Waals surface area contributed by atoms with Crippen LogP contribution in [0.3, 0.4) is 0 Å². The maximum Gasteiger partial charge on any atom is 0.242 e.